The van der Waals surface area contributed by atoms with Crippen molar-refractivity contribution >= 4 is 17.9 Å². The fourth-order valence-electron chi connectivity index (χ4n) is 7.32. The van der Waals surface area contributed by atoms with Crippen LogP contribution in [0.2, 0.25) is 0 Å². The number of rotatable bonds is 45. The minimum absolute atomic E-state index is 0.0456. The van der Waals surface area contributed by atoms with Crippen LogP contribution in [0.3, 0.4) is 0 Å². The van der Waals surface area contributed by atoms with Gasteiger partial charge in [0.25, 0.3) is 0 Å². The van der Waals surface area contributed by atoms with E-state index in [2.05, 4.69) is 62.5 Å². The Balaban J connectivity index is 4.31. The molecule has 0 aromatic carbocycles. The molecule has 354 valence electrons. The highest BCUT2D eigenvalue weighted by Gasteiger charge is 2.31. The molecule has 2 atom stereocenters. The van der Waals surface area contributed by atoms with Crippen LogP contribution in [-0.4, -0.2) is 80.6 Å². The predicted molar refractivity (Wildman–Crippen MR) is 257 cm³/mol. The number of ether oxygens (including phenoxy) is 3. The average Bonchev–Trinajstić information content (AvgIpc) is 3.22. The molecule has 0 fully saturated rings. The van der Waals surface area contributed by atoms with Gasteiger partial charge in [-0.15, -0.1) is 0 Å². The zero-order valence-electron chi connectivity index (χ0n) is 40.4. The van der Waals surface area contributed by atoms with Gasteiger partial charge in [-0.3, -0.25) is 9.59 Å². The molecule has 1 N–H and O–H groups in total. The largest absolute Gasteiger partial charge is 0.477 e. The van der Waals surface area contributed by atoms with Crippen LogP contribution in [0.5, 0.6) is 0 Å². The van der Waals surface area contributed by atoms with Crippen molar-refractivity contribution < 1.29 is 38.2 Å². The molecule has 0 amide bonds. The number of nitrogens with zero attached hydrogens (tertiary/aromatic N) is 1. The third-order valence-electron chi connectivity index (χ3n) is 11.2. The third-order valence-corrected chi connectivity index (χ3v) is 11.2. The van der Waals surface area contributed by atoms with Gasteiger partial charge in [-0.05, 0) is 51.4 Å². The van der Waals surface area contributed by atoms with E-state index in [4.69, 9.17) is 14.2 Å². The maximum atomic E-state index is 12.8. The summed E-state index contributed by atoms with van der Waals surface area (Å²) in [4.78, 5) is 37.1. The predicted octanol–water partition coefficient (Wildman–Crippen LogP) is 14.4. The summed E-state index contributed by atoms with van der Waals surface area (Å²) in [5, 5.41) is 9.64. The fourth-order valence-corrected chi connectivity index (χ4v) is 7.32. The van der Waals surface area contributed by atoms with Crippen LogP contribution in [0.1, 0.15) is 219 Å². The van der Waals surface area contributed by atoms with Gasteiger partial charge in [-0.2, -0.15) is 0 Å². The van der Waals surface area contributed by atoms with E-state index in [0.717, 1.165) is 44.9 Å². The van der Waals surface area contributed by atoms with Gasteiger partial charge in [0.05, 0.1) is 34.4 Å². The van der Waals surface area contributed by atoms with E-state index in [-0.39, 0.29) is 42.7 Å². The summed E-state index contributed by atoms with van der Waals surface area (Å²) >= 11 is 0. The van der Waals surface area contributed by atoms with Crippen LogP contribution >= 0.6 is 0 Å². The van der Waals surface area contributed by atoms with E-state index >= 15 is 0 Å². The molecule has 0 saturated carbocycles. The lowest BCUT2D eigenvalue weighted by atomic mass is 10.0. The van der Waals surface area contributed by atoms with E-state index < -0.39 is 18.1 Å². The molecule has 8 nitrogen and oxygen atoms in total. The van der Waals surface area contributed by atoms with E-state index in [1.54, 1.807) is 0 Å². The van der Waals surface area contributed by atoms with E-state index in [0.29, 0.717) is 19.3 Å². The van der Waals surface area contributed by atoms with Crippen molar-refractivity contribution in [3.05, 3.63) is 48.6 Å². The van der Waals surface area contributed by atoms with Crippen LogP contribution in [0.15, 0.2) is 48.6 Å². The van der Waals surface area contributed by atoms with Gasteiger partial charge in [-0.25, -0.2) is 4.79 Å². The zero-order chi connectivity index (χ0) is 44.9. The first-order chi connectivity index (χ1) is 29.6. The standard InChI is InChI=1S/C53H95NO7/c1-6-8-10-12-14-16-18-20-22-24-25-26-28-30-32-34-36-38-40-42-44-52(56)61-49(47-59-46-45-50(53(57)58)54(3,4)5)48-60-51(55)43-41-39-37-35-33-31-29-27-23-21-19-17-15-13-11-9-7-2/h15,17,21,23,29,31,35,37,49-50H,6-14,16,18-20,22,24-28,30,32-34,36,38-48H2,1-5H3/p+1/b17-15+,23-21+,31-29+,37-35+. The number of aliphatic carboxylic acids is 1. The number of esters is 2. The van der Waals surface area contributed by atoms with Gasteiger partial charge < -0.3 is 23.8 Å². The second kappa shape index (κ2) is 43.9. The molecular formula is C53H96NO7+. The number of carbonyl (C=O) groups is 3. The van der Waals surface area contributed by atoms with Crippen molar-refractivity contribution in [2.24, 2.45) is 0 Å². The topological polar surface area (TPSA) is 99.1 Å². The highest BCUT2D eigenvalue weighted by atomic mass is 16.6. The Hall–Kier alpha value is -2.71. The summed E-state index contributed by atoms with van der Waals surface area (Å²) in [5.74, 6) is -1.53. The summed E-state index contributed by atoms with van der Waals surface area (Å²) in [6.45, 7) is 4.68. The molecule has 0 heterocycles. The Labute approximate surface area is 376 Å². The molecule has 0 bridgehead atoms. The van der Waals surface area contributed by atoms with Crippen LogP contribution < -0.4 is 0 Å². The Kier molecular flexibility index (Phi) is 42.0. The molecule has 61 heavy (non-hydrogen) atoms. The monoisotopic (exact) mass is 859 g/mol. The first-order valence-corrected chi connectivity index (χ1v) is 25.2. The number of hydrogen-bond donors (Lipinski definition) is 1. The van der Waals surface area contributed by atoms with E-state index in [1.165, 1.54) is 135 Å². The molecule has 2 unspecified atom stereocenters. The van der Waals surface area contributed by atoms with Crippen molar-refractivity contribution in [3.8, 4) is 0 Å². The van der Waals surface area contributed by atoms with Crippen LogP contribution in [0.4, 0.5) is 0 Å². The van der Waals surface area contributed by atoms with Gasteiger partial charge in [0.1, 0.15) is 6.61 Å². The minimum atomic E-state index is -0.881. The normalized spacial score (nSPS) is 13.3. The zero-order valence-corrected chi connectivity index (χ0v) is 40.4. The van der Waals surface area contributed by atoms with Crippen LogP contribution in [0.25, 0.3) is 0 Å². The van der Waals surface area contributed by atoms with Crippen molar-refractivity contribution in [3.63, 3.8) is 0 Å². The number of quaternary nitrogens is 1. The Morgan fingerprint density at radius 2 is 0.885 bits per heavy atom. The van der Waals surface area contributed by atoms with Gasteiger partial charge >= 0.3 is 17.9 Å². The summed E-state index contributed by atoms with van der Waals surface area (Å²) in [5.41, 5.74) is 0. The van der Waals surface area contributed by atoms with Crippen molar-refractivity contribution in [1.82, 2.24) is 0 Å². The molecule has 0 aliphatic heterocycles. The number of carboxylic acid groups (broad SMARTS) is 1. The second-order valence-electron chi connectivity index (χ2n) is 18.1. The second-order valence-corrected chi connectivity index (χ2v) is 18.1. The number of carbonyl (C=O) groups excluding carboxylic acids is 2. The maximum Gasteiger partial charge on any atom is 0.362 e. The van der Waals surface area contributed by atoms with Gasteiger partial charge in [0.15, 0.2) is 12.1 Å². The van der Waals surface area contributed by atoms with Crippen molar-refractivity contribution in [1.29, 1.82) is 0 Å². The van der Waals surface area contributed by atoms with Crippen molar-refractivity contribution in [2.75, 3.05) is 41.0 Å². The Morgan fingerprint density at radius 1 is 0.492 bits per heavy atom. The highest BCUT2D eigenvalue weighted by molar-refractivity contribution is 5.72. The van der Waals surface area contributed by atoms with Gasteiger partial charge in [-0.1, -0.05) is 197 Å². The SMILES string of the molecule is CCCCC/C=C/C/C=C/C/C=C/C/C=C/CCCC(=O)OCC(COCCC(C(=O)O)[N+](C)(C)C)OC(=O)CCCCCCCCCCCCCCCCCCCCCC. The lowest BCUT2D eigenvalue weighted by Crippen LogP contribution is -2.50. The van der Waals surface area contributed by atoms with Gasteiger partial charge in [0.2, 0.25) is 0 Å². The Morgan fingerprint density at radius 3 is 1.33 bits per heavy atom. The minimum Gasteiger partial charge on any atom is -0.477 e. The molecule has 0 saturated heterocycles. The fraction of sp³-hybridized carbons (Fsp3) is 0.792. The first kappa shape index (κ1) is 58.3. The first-order valence-electron chi connectivity index (χ1n) is 25.2. The molecule has 0 aliphatic carbocycles. The molecule has 0 rings (SSSR count). The summed E-state index contributed by atoms with van der Waals surface area (Å²) < 4.78 is 17.3. The third kappa shape index (κ3) is 42.4. The summed E-state index contributed by atoms with van der Waals surface area (Å²) in [6.07, 6.45) is 53.1. The smallest absolute Gasteiger partial charge is 0.362 e. The number of hydrogen-bond acceptors (Lipinski definition) is 6. The molecule has 0 aromatic rings. The number of allylic oxidation sites excluding steroid dienone is 8. The van der Waals surface area contributed by atoms with Crippen molar-refractivity contribution in [2.45, 2.75) is 231 Å². The lowest BCUT2D eigenvalue weighted by molar-refractivity contribution is -0.887. The van der Waals surface area contributed by atoms with E-state index in [9.17, 15) is 19.5 Å². The lowest BCUT2D eigenvalue weighted by Gasteiger charge is -2.31. The number of unbranched alkanes of at least 4 members (excludes halogenated alkanes) is 23. The average molecular weight is 859 g/mol. The molecule has 0 spiro atoms. The highest BCUT2D eigenvalue weighted by Crippen LogP contribution is 2.16. The van der Waals surface area contributed by atoms with Crippen LogP contribution in [-0.2, 0) is 28.6 Å². The molecule has 0 radical (unpaired) electrons. The summed E-state index contributed by atoms with van der Waals surface area (Å²) in [7, 11) is 5.52. The number of carboxylic acids is 1. The quantitative estimate of drug-likeness (QED) is 0.0282. The Bertz CT molecular complexity index is 1140. The van der Waals surface area contributed by atoms with E-state index in [1.807, 2.05) is 21.1 Å². The van der Waals surface area contributed by atoms with Gasteiger partial charge in [0, 0.05) is 19.3 Å². The van der Waals surface area contributed by atoms with Crippen LogP contribution in [0, 0.1) is 0 Å². The molecular weight excluding hydrogens is 763 g/mol. The maximum absolute atomic E-state index is 12.8. The molecule has 0 aliphatic rings. The number of likely N-dealkylation sites (N-methyl/N-ethyl adjacent to an activating group) is 1. The molecule has 0 aromatic heterocycles. The summed E-state index contributed by atoms with van der Waals surface area (Å²) in [6, 6.07) is -0.623. The molecule has 8 heteroatoms.